The SMILES string of the molecule is COc1ccc(C=CC(=O)OCC(=O)Nc2cccc3ccccc23)cc1. The number of esters is 1. The summed E-state index contributed by atoms with van der Waals surface area (Å²) in [6.07, 6.45) is 2.90. The van der Waals surface area contributed by atoms with Crippen molar-refractivity contribution in [1.82, 2.24) is 0 Å². The van der Waals surface area contributed by atoms with Crippen molar-refractivity contribution in [3.63, 3.8) is 0 Å². The number of carbonyl (C=O) groups excluding carboxylic acids is 2. The summed E-state index contributed by atoms with van der Waals surface area (Å²) < 4.78 is 10.1. The van der Waals surface area contributed by atoms with Crippen molar-refractivity contribution >= 4 is 34.4 Å². The van der Waals surface area contributed by atoms with Gasteiger partial charge in [0, 0.05) is 17.1 Å². The lowest BCUT2D eigenvalue weighted by molar-refractivity contribution is -0.142. The normalized spacial score (nSPS) is 10.7. The molecule has 0 atom stereocenters. The van der Waals surface area contributed by atoms with Crippen molar-refractivity contribution in [3.8, 4) is 5.75 Å². The molecule has 3 rings (SSSR count). The lowest BCUT2D eigenvalue weighted by Crippen LogP contribution is -2.20. The fourth-order valence-electron chi connectivity index (χ4n) is 2.58. The van der Waals surface area contributed by atoms with Crippen LogP contribution in [0.5, 0.6) is 5.75 Å². The van der Waals surface area contributed by atoms with E-state index in [4.69, 9.17) is 9.47 Å². The largest absolute Gasteiger partial charge is 0.497 e. The third-order valence-corrected chi connectivity index (χ3v) is 3.94. The first-order valence-electron chi connectivity index (χ1n) is 8.42. The number of methoxy groups -OCH3 is 1. The summed E-state index contributed by atoms with van der Waals surface area (Å²) in [4.78, 5) is 23.9. The van der Waals surface area contributed by atoms with E-state index in [2.05, 4.69) is 5.32 Å². The molecule has 5 nitrogen and oxygen atoms in total. The predicted octanol–water partition coefficient (Wildman–Crippen LogP) is 4.04. The Labute approximate surface area is 157 Å². The minimum absolute atomic E-state index is 0.352. The molecular formula is C22H19NO4. The highest BCUT2D eigenvalue weighted by molar-refractivity contribution is 6.03. The van der Waals surface area contributed by atoms with Crippen LogP contribution in [0.4, 0.5) is 5.69 Å². The Morgan fingerprint density at radius 2 is 1.70 bits per heavy atom. The van der Waals surface area contributed by atoms with E-state index < -0.39 is 11.9 Å². The quantitative estimate of drug-likeness (QED) is 0.531. The molecule has 0 unspecified atom stereocenters. The summed E-state index contributed by atoms with van der Waals surface area (Å²) >= 11 is 0. The van der Waals surface area contributed by atoms with E-state index in [1.807, 2.05) is 54.6 Å². The molecule has 3 aromatic rings. The van der Waals surface area contributed by atoms with Crippen molar-refractivity contribution in [1.29, 1.82) is 0 Å². The van der Waals surface area contributed by atoms with Gasteiger partial charge >= 0.3 is 5.97 Å². The number of anilines is 1. The van der Waals surface area contributed by atoms with Crippen molar-refractivity contribution < 1.29 is 19.1 Å². The second kappa shape index (κ2) is 8.67. The van der Waals surface area contributed by atoms with Crippen LogP contribution in [0.1, 0.15) is 5.56 Å². The van der Waals surface area contributed by atoms with E-state index in [0.29, 0.717) is 5.69 Å². The summed E-state index contributed by atoms with van der Waals surface area (Å²) in [5.74, 6) is -0.240. The summed E-state index contributed by atoms with van der Waals surface area (Å²) in [5.41, 5.74) is 1.51. The highest BCUT2D eigenvalue weighted by Crippen LogP contribution is 2.22. The molecule has 0 spiro atoms. The standard InChI is InChI=1S/C22H19NO4/c1-26-18-12-9-16(10-13-18)11-14-22(25)27-15-21(24)23-20-8-4-6-17-5-2-3-7-19(17)20/h2-14H,15H2,1H3,(H,23,24). The molecule has 5 heteroatoms. The predicted molar refractivity (Wildman–Crippen MR) is 106 cm³/mol. The second-order valence-corrected chi connectivity index (χ2v) is 5.79. The van der Waals surface area contributed by atoms with Crippen LogP contribution in [0.25, 0.3) is 16.8 Å². The minimum atomic E-state index is -0.584. The zero-order valence-corrected chi connectivity index (χ0v) is 14.8. The van der Waals surface area contributed by atoms with Gasteiger partial charge in [0.25, 0.3) is 5.91 Å². The number of carbonyl (C=O) groups is 2. The smallest absolute Gasteiger partial charge is 0.331 e. The van der Waals surface area contributed by atoms with Crippen molar-refractivity contribution in [2.24, 2.45) is 0 Å². The first-order chi connectivity index (χ1) is 13.2. The van der Waals surface area contributed by atoms with Crippen LogP contribution in [0.15, 0.2) is 72.8 Å². The summed E-state index contributed by atoms with van der Waals surface area (Å²) in [6, 6.07) is 20.6. The molecule has 0 aliphatic heterocycles. The van der Waals surface area contributed by atoms with Gasteiger partial charge < -0.3 is 14.8 Å². The first-order valence-corrected chi connectivity index (χ1v) is 8.42. The summed E-state index contributed by atoms with van der Waals surface area (Å²) in [5, 5.41) is 4.73. The van der Waals surface area contributed by atoms with Crippen LogP contribution in [-0.2, 0) is 14.3 Å². The number of fused-ring (bicyclic) bond motifs is 1. The number of rotatable bonds is 6. The van der Waals surface area contributed by atoms with E-state index >= 15 is 0 Å². The molecule has 1 amide bonds. The van der Waals surface area contributed by atoms with Gasteiger partial charge in [-0.2, -0.15) is 0 Å². The number of hydrogen-bond donors (Lipinski definition) is 1. The molecule has 0 saturated carbocycles. The van der Waals surface area contributed by atoms with Gasteiger partial charge in [-0.25, -0.2) is 4.79 Å². The maximum atomic E-state index is 12.1. The van der Waals surface area contributed by atoms with Crippen LogP contribution >= 0.6 is 0 Å². The molecule has 0 saturated heterocycles. The fourth-order valence-corrected chi connectivity index (χ4v) is 2.58. The third kappa shape index (κ3) is 4.95. The van der Waals surface area contributed by atoms with Gasteiger partial charge in [-0.3, -0.25) is 4.79 Å². The topological polar surface area (TPSA) is 64.6 Å². The van der Waals surface area contributed by atoms with Gasteiger partial charge in [-0.15, -0.1) is 0 Å². The lowest BCUT2D eigenvalue weighted by atomic mass is 10.1. The molecule has 0 fully saturated rings. The van der Waals surface area contributed by atoms with E-state index in [-0.39, 0.29) is 6.61 Å². The molecule has 0 aliphatic carbocycles. The average Bonchev–Trinajstić information content (AvgIpc) is 2.71. The van der Waals surface area contributed by atoms with Crippen LogP contribution in [-0.4, -0.2) is 25.6 Å². The molecule has 0 radical (unpaired) electrons. The van der Waals surface area contributed by atoms with Crippen molar-refractivity contribution in [2.45, 2.75) is 0 Å². The number of amides is 1. The Morgan fingerprint density at radius 1 is 0.963 bits per heavy atom. The van der Waals surface area contributed by atoms with Crippen molar-refractivity contribution in [2.75, 3.05) is 19.0 Å². The number of ether oxygens (including phenoxy) is 2. The molecular weight excluding hydrogens is 342 g/mol. The highest BCUT2D eigenvalue weighted by atomic mass is 16.5. The van der Waals surface area contributed by atoms with Gasteiger partial charge in [0.15, 0.2) is 6.61 Å². The Hall–Kier alpha value is -3.60. The molecule has 0 aliphatic rings. The van der Waals surface area contributed by atoms with E-state index in [1.54, 1.807) is 25.3 Å². The third-order valence-electron chi connectivity index (χ3n) is 3.94. The summed E-state index contributed by atoms with van der Waals surface area (Å²) in [7, 11) is 1.59. The van der Waals surface area contributed by atoms with Gasteiger partial charge in [0.05, 0.1) is 7.11 Å². The molecule has 0 heterocycles. The Bertz CT molecular complexity index is 972. The first kappa shape index (κ1) is 18.2. The Kier molecular flexibility index (Phi) is 5.84. The lowest BCUT2D eigenvalue weighted by Gasteiger charge is -2.08. The molecule has 0 aromatic heterocycles. The Balaban J connectivity index is 1.53. The van der Waals surface area contributed by atoms with Crippen LogP contribution in [0.2, 0.25) is 0 Å². The van der Waals surface area contributed by atoms with E-state index in [1.165, 1.54) is 6.08 Å². The fraction of sp³-hybridized carbons (Fsp3) is 0.0909. The molecule has 0 bridgehead atoms. The van der Waals surface area contributed by atoms with Crippen LogP contribution in [0.3, 0.4) is 0 Å². The van der Waals surface area contributed by atoms with E-state index in [9.17, 15) is 9.59 Å². The maximum absolute atomic E-state index is 12.1. The monoisotopic (exact) mass is 361 g/mol. The van der Waals surface area contributed by atoms with Crippen molar-refractivity contribution in [3.05, 3.63) is 78.4 Å². The number of benzene rings is 3. The molecule has 136 valence electrons. The summed E-state index contributed by atoms with van der Waals surface area (Å²) in [6.45, 7) is -0.352. The number of hydrogen-bond acceptors (Lipinski definition) is 4. The van der Waals surface area contributed by atoms with Crippen LogP contribution in [0, 0.1) is 0 Å². The molecule has 1 N–H and O–H groups in total. The van der Waals surface area contributed by atoms with Gasteiger partial charge in [-0.05, 0) is 35.2 Å². The highest BCUT2D eigenvalue weighted by Gasteiger charge is 2.08. The van der Waals surface area contributed by atoms with Crippen LogP contribution < -0.4 is 10.1 Å². The molecule has 27 heavy (non-hydrogen) atoms. The van der Waals surface area contributed by atoms with Gasteiger partial charge in [0.2, 0.25) is 0 Å². The second-order valence-electron chi connectivity index (χ2n) is 5.79. The number of nitrogens with one attached hydrogen (secondary N) is 1. The molecule has 3 aromatic carbocycles. The average molecular weight is 361 g/mol. The zero-order valence-electron chi connectivity index (χ0n) is 14.8. The van der Waals surface area contributed by atoms with Gasteiger partial charge in [-0.1, -0.05) is 48.5 Å². The minimum Gasteiger partial charge on any atom is -0.497 e. The van der Waals surface area contributed by atoms with Gasteiger partial charge in [0.1, 0.15) is 5.75 Å². The Morgan fingerprint density at radius 3 is 2.48 bits per heavy atom. The zero-order chi connectivity index (χ0) is 19.1. The van der Waals surface area contributed by atoms with E-state index in [0.717, 1.165) is 22.1 Å². The maximum Gasteiger partial charge on any atom is 0.331 e.